The highest BCUT2D eigenvalue weighted by molar-refractivity contribution is 5.92. The van der Waals surface area contributed by atoms with Crippen LogP contribution in [-0.2, 0) is 6.42 Å². The van der Waals surface area contributed by atoms with Crippen molar-refractivity contribution in [2.45, 2.75) is 39.3 Å². The van der Waals surface area contributed by atoms with Gasteiger partial charge in [0.2, 0.25) is 0 Å². The molecule has 3 N–H and O–H groups in total. The quantitative estimate of drug-likeness (QED) is 0.726. The van der Waals surface area contributed by atoms with Gasteiger partial charge in [-0.15, -0.1) is 0 Å². The van der Waals surface area contributed by atoms with Gasteiger partial charge < -0.3 is 10.6 Å². The zero-order chi connectivity index (χ0) is 16.8. The summed E-state index contributed by atoms with van der Waals surface area (Å²) in [5.74, 6) is -0.525. The number of hydrogen-bond donors (Lipinski definition) is 3. The number of amides is 2. The summed E-state index contributed by atoms with van der Waals surface area (Å²) in [6.45, 7) is 5.61. The van der Waals surface area contributed by atoms with E-state index in [-0.39, 0.29) is 29.6 Å². The van der Waals surface area contributed by atoms with Gasteiger partial charge in [0.05, 0.1) is 11.9 Å². The molecule has 2 amide bonds. The molecule has 2 heterocycles. The Labute approximate surface area is 134 Å². The number of rotatable bonds is 6. The zero-order valence-electron chi connectivity index (χ0n) is 13.3. The average molecular weight is 316 g/mol. The van der Waals surface area contributed by atoms with Crippen molar-refractivity contribution in [2.24, 2.45) is 0 Å². The average Bonchev–Trinajstić information content (AvgIpc) is 3.01. The van der Waals surface area contributed by atoms with Crippen LogP contribution in [0.3, 0.4) is 0 Å². The summed E-state index contributed by atoms with van der Waals surface area (Å²) < 4.78 is 0. The molecule has 0 radical (unpaired) electrons. The molecule has 8 heteroatoms. The summed E-state index contributed by atoms with van der Waals surface area (Å²) in [6, 6.07) is 1.45. The Kier molecular flexibility index (Phi) is 5.40. The van der Waals surface area contributed by atoms with Gasteiger partial charge in [-0.25, -0.2) is 4.98 Å². The first-order valence-electron chi connectivity index (χ1n) is 7.38. The minimum Gasteiger partial charge on any atom is -0.348 e. The number of carbonyl (C=O) groups excluding carboxylic acids is 2. The first-order valence-corrected chi connectivity index (χ1v) is 7.38. The van der Waals surface area contributed by atoms with Gasteiger partial charge >= 0.3 is 0 Å². The molecule has 0 fully saturated rings. The fourth-order valence-corrected chi connectivity index (χ4v) is 2.00. The van der Waals surface area contributed by atoms with E-state index in [0.717, 1.165) is 0 Å². The molecule has 0 aliphatic carbocycles. The monoisotopic (exact) mass is 316 g/mol. The number of nitrogens with zero attached hydrogens (tertiary/aromatic N) is 3. The molecule has 122 valence electrons. The van der Waals surface area contributed by atoms with Crippen LogP contribution in [0, 0.1) is 0 Å². The third-order valence-electron chi connectivity index (χ3n) is 2.96. The number of carbonyl (C=O) groups is 2. The molecule has 1 unspecified atom stereocenters. The number of aromatic nitrogens is 4. The molecule has 8 nitrogen and oxygen atoms in total. The van der Waals surface area contributed by atoms with Gasteiger partial charge in [0, 0.05) is 30.9 Å². The fourth-order valence-electron chi connectivity index (χ4n) is 2.00. The topological polar surface area (TPSA) is 113 Å². The van der Waals surface area contributed by atoms with Crippen LogP contribution in [0.2, 0.25) is 0 Å². The van der Waals surface area contributed by atoms with E-state index in [9.17, 15) is 9.59 Å². The van der Waals surface area contributed by atoms with Crippen LogP contribution in [0.15, 0.2) is 24.7 Å². The predicted molar refractivity (Wildman–Crippen MR) is 83.9 cm³/mol. The van der Waals surface area contributed by atoms with Crippen LogP contribution in [-0.4, -0.2) is 44.1 Å². The second kappa shape index (κ2) is 7.48. The van der Waals surface area contributed by atoms with Crippen molar-refractivity contribution < 1.29 is 9.59 Å². The molecule has 2 rings (SSSR count). The van der Waals surface area contributed by atoms with Crippen LogP contribution in [0.4, 0.5) is 0 Å². The second-order valence-corrected chi connectivity index (χ2v) is 5.56. The highest BCUT2D eigenvalue weighted by atomic mass is 16.2. The highest BCUT2D eigenvalue weighted by Gasteiger charge is 2.14. The Hall–Kier alpha value is -2.77. The van der Waals surface area contributed by atoms with E-state index in [0.29, 0.717) is 17.8 Å². The zero-order valence-corrected chi connectivity index (χ0v) is 13.3. The number of nitrogens with one attached hydrogen (secondary N) is 3. The molecule has 23 heavy (non-hydrogen) atoms. The normalized spacial score (nSPS) is 12.0. The SMILES string of the molecule is CC(C)NC(=O)c1cncc(CC(C)NC(=O)c2cc[nH]n2)n1. The van der Waals surface area contributed by atoms with Crippen LogP contribution in [0.5, 0.6) is 0 Å². The van der Waals surface area contributed by atoms with Crippen LogP contribution >= 0.6 is 0 Å². The highest BCUT2D eigenvalue weighted by Crippen LogP contribution is 2.02. The molecule has 2 aromatic rings. The Morgan fingerprint density at radius 1 is 1.13 bits per heavy atom. The molecule has 2 aromatic heterocycles. The summed E-state index contributed by atoms with van der Waals surface area (Å²) in [5.41, 5.74) is 1.23. The molecule has 0 saturated carbocycles. The fraction of sp³-hybridized carbons (Fsp3) is 0.400. The smallest absolute Gasteiger partial charge is 0.271 e. The van der Waals surface area contributed by atoms with E-state index in [1.54, 1.807) is 18.5 Å². The van der Waals surface area contributed by atoms with E-state index in [1.165, 1.54) is 6.20 Å². The Bertz CT molecular complexity index is 668. The lowest BCUT2D eigenvalue weighted by Crippen LogP contribution is -2.35. The minimum absolute atomic E-state index is 0.0278. The van der Waals surface area contributed by atoms with Crippen molar-refractivity contribution in [3.05, 3.63) is 41.7 Å². The number of aromatic amines is 1. The number of hydrogen-bond acceptors (Lipinski definition) is 5. The van der Waals surface area contributed by atoms with Crippen molar-refractivity contribution in [1.29, 1.82) is 0 Å². The number of H-pyrrole nitrogens is 1. The van der Waals surface area contributed by atoms with Gasteiger partial charge in [-0.1, -0.05) is 0 Å². The molecule has 0 aromatic carbocycles. The van der Waals surface area contributed by atoms with Gasteiger partial charge in [0.1, 0.15) is 11.4 Å². The maximum atomic E-state index is 11.9. The van der Waals surface area contributed by atoms with Crippen molar-refractivity contribution >= 4 is 11.8 Å². The Balaban J connectivity index is 1.97. The van der Waals surface area contributed by atoms with E-state index in [4.69, 9.17) is 0 Å². The maximum absolute atomic E-state index is 11.9. The van der Waals surface area contributed by atoms with Gasteiger partial charge in [-0.2, -0.15) is 5.10 Å². The minimum atomic E-state index is -0.264. The Morgan fingerprint density at radius 3 is 2.52 bits per heavy atom. The lowest BCUT2D eigenvalue weighted by atomic mass is 10.2. The maximum Gasteiger partial charge on any atom is 0.271 e. The summed E-state index contributed by atoms with van der Waals surface area (Å²) >= 11 is 0. The van der Waals surface area contributed by atoms with E-state index in [1.807, 2.05) is 20.8 Å². The van der Waals surface area contributed by atoms with Crippen LogP contribution in [0.25, 0.3) is 0 Å². The summed E-state index contributed by atoms with van der Waals surface area (Å²) in [5, 5.41) is 12.0. The molecular weight excluding hydrogens is 296 g/mol. The summed E-state index contributed by atoms with van der Waals surface area (Å²) in [7, 11) is 0. The van der Waals surface area contributed by atoms with E-state index < -0.39 is 0 Å². The summed E-state index contributed by atoms with van der Waals surface area (Å²) in [6.07, 6.45) is 5.06. The largest absolute Gasteiger partial charge is 0.348 e. The van der Waals surface area contributed by atoms with E-state index in [2.05, 4.69) is 30.8 Å². The van der Waals surface area contributed by atoms with Gasteiger partial charge in [-0.05, 0) is 26.8 Å². The van der Waals surface area contributed by atoms with Gasteiger partial charge in [0.15, 0.2) is 0 Å². The molecule has 0 aliphatic rings. The van der Waals surface area contributed by atoms with Gasteiger partial charge in [0.25, 0.3) is 11.8 Å². The van der Waals surface area contributed by atoms with Crippen molar-refractivity contribution in [3.63, 3.8) is 0 Å². The van der Waals surface area contributed by atoms with Crippen molar-refractivity contribution in [3.8, 4) is 0 Å². The van der Waals surface area contributed by atoms with Crippen molar-refractivity contribution in [1.82, 2.24) is 30.8 Å². The standard InChI is InChI=1S/C15H20N6O2/c1-9(2)18-15(23)13-8-16-7-11(20-13)6-10(3)19-14(22)12-4-5-17-21-12/h4-5,7-10H,6H2,1-3H3,(H,17,21)(H,18,23)(H,19,22). The van der Waals surface area contributed by atoms with Gasteiger partial charge in [-0.3, -0.25) is 19.7 Å². The molecule has 0 spiro atoms. The second-order valence-electron chi connectivity index (χ2n) is 5.56. The predicted octanol–water partition coefficient (Wildman–Crippen LogP) is 0.699. The van der Waals surface area contributed by atoms with Crippen LogP contribution in [0.1, 0.15) is 47.4 Å². The molecule has 0 saturated heterocycles. The first-order chi connectivity index (χ1) is 11.0. The molecule has 0 aliphatic heterocycles. The van der Waals surface area contributed by atoms with Crippen molar-refractivity contribution in [2.75, 3.05) is 0 Å². The summed E-state index contributed by atoms with van der Waals surface area (Å²) in [4.78, 5) is 32.2. The Morgan fingerprint density at radius 2 is 1.87 bits per heavy atom. The lowest BCUT2D eigenvalue weighted by Gasteiger charge is -2.13. The first kappa shape index (κ1) is 16.6. The molecule has 0 bridgehead atoms. The van der Waals surface area contributed by atoms with Crippen LogP contribution < -0.4 is 10.6 Å². The molecular formula is C15H20N6O2. The van der Waals surface area contributed by atoms with E-state index >= 15 is 0 Å². The third-order valence-corrected chi connectivity index (χ3v) is 2.96. The lowest BCUT2D eigenvalue weighted by molar-refractivity contribution is 0.0925. The molecule has 1 atom stereocenters. The third kappa shape index (κ3) is 4.87.